The molecule has 0 bridgehead atoms. The highest BCUT2D eigenvalue weighted by molar-refractivity contribution is 6.00. The number of amides is 2. The van der Waals surface area contributed by atoms with Crippen molar-refractivity contribution in [3.63, 3.8) is 0 Å². The van der Waals surface area contributed by atoms with Crippen LogP contribution in [0.1, 0.15) is 12.8 Å². The minimum absolute atomic E-state index is 0.0141. The molecule has 0 aliphatic carbocycles. The zero-order valence-electron chi connectivity index (χ0n) is 16.2. The number of benzene rings is 1. The summed E-state index contributed by atoms with van der Waals surface area (Å²) in [6.07, 6.45) is 1.30. The van der Waals surface area contributed by atoms with Gasteiger partial charge >= 0.3 is 0 Å². The van der Waals surface area contributed by atoms with Crippen molar-refractivity contribution in [1.82, 2.24) is 10.2 Å². The topological polar surface area (TPSA) is 71.1 Å². The molecule has 4 rings (SSSR count). The Morgan fingerprint density at radius 3 is 2.64 bits per heavy atom. The van der Waals surface area contributed by atoms with Crippen molar-refractivity contribution < 1.29 is 19.1 Å². The zero-order valence-corrected chi connectivity index (χ0v) is 16.2. The lowest BCUT2D eigenvalue weighted by Crippen LogP contribution is -2.53. The van der Waals surface area contributed by atoms with E-state index in [9.17, 15) is 9.59 Å². The normalized spacial score (nSPS) is 27.1. The van der Waals surface area contributed by atoms with Gasteiger partial charge in [-0.2, -0.15) is 0 Å². The SMILES string of the molecule is O=C(NCC(C1CCOC1)N1CCOCC1)C1CC(=O)N(c2ccccc2)C1. The van der Waals surface area contributed by atoms with E-state index in [1.54, 1.807) is 4.90 Å². The number of hydrogen-bond donors (Lipinski definition) is 1. The Kier molecular flexibility index (Phi) is 6.24. The summed E-state index contributed by atoms with van der Waals surface area (Å²) in [7, 11) is 0. The van der Waals surface area contributed by atoms with E-state index in [0.717, 1.165) is 51.6 Å². The fourth-order valence-electron chi connectivity index (χ4n) is 4.45. The summed E-state index contributed by atoms with van der Waals surface area (Å²) in [4.78, 5) is 29.3. The van der Waals surface area contributed by atoms with Crippen molar-refractivity contribution in [2.75, 3.05) is 57.5 Å². The Bertz CT molecular complexity index is 671. The molecule has 1 aromatic carbocycles. The molecule has 0 radical (unpaired) electrons. The van der Waals surface area contributed by atoms with Gasteiger partial charge in [0.05, 0.1) is 25.7 Å². The van der Waals surface area contributed by atoms with E-state index in [1.807, 2.05) is 30.3 Å². The quantitative estimate of drug-likeness (QED) is 0.785. The van der Waals surface area contributed by atoms with Crippen LogP contribution in [0.3, 0.4) is 0 Å². The number of nitrogens with one attached hydrogen (secondary N) is 1. The second-order valence-electron chi connectivity index (χ2n) is 7.83. The van der Waals surface area contributed by atoms with Crippen molar-refractivity contribution in [3.8, 4) is 0 Å². The van der Waals surface area contributed by atoms with Gasteiger partial charge in [0, 0.05) is 56.9 Å². The monoisotopic (exact) mass is 387 g/mol. The van der Waals surface area contributed by atoms with E-state index >= 15 is 0 Å². The van der Waals surface area contributed by atoms with Gasteiger partial charge < -0.3 is 19.7 Å². The average Bonchev–Trinajstić information content (AvgIpc) is 3.40. The van der Waals surface area contributed by atoms with Crippen molar-refractivity contribution in [2.24, 2.45) is 11.8 Å². The van der Waals surface area contributed by atoms with Crippen molar-refractivity contribution in [2.45, 2.75) is 18.9 Å². The number of carbonyl (C=O) groups excluding carboxylic acids is 2. The average molecular weight is 387 g/mol. The lowest BCUT2D eigenvalue weighted by Gasteiger charge is -2.37. The van der Waals surface area contributed by atoms with Gasteiger partial charge in [0.15, 0.2) is 0 Å². The highest BCUT2D eigenvalue weighted by atomic mass is 16.5. The van der Waals surface area contributed by atoms with Crippen molar-refractivity contribution >= 4 is 17.5 Å². The van der Waals surface area contributed by atoms with Gasteiger partial charge in [-0.05, 0) is 18.6 Å². The molecule has 3 fully saturated rings. The Balaban J connectivity index is 1.35. The van der Waals surface area contributed by atoms with Gasteiger partial charge in [-0.25, -0.2) is 0 Å². The Morgan fingerprint density at radius 2 is 1.93 bits per heavy atom. The van der Waals surface area contributed by atoms with Crippen LogP contribution in [0.4, 0.5) is 5.69 Å². The first-order valence-corrected chi connectivity index (χ1v) is 10.2. The second-order valence-corrected chi connectivity index (χ2v) is 7.83. The standard InChI is InChI=1S/C21H29N3O4/c25-20-12-17(14-24(20)18-4-2-1-3-5-18)21(26)22-13-19(16-6-9-28-15-16)23-7-10-27-11-8-23/h1-5,16-17,19H,6-15H2,(H,22,26). The minimum Gasteiger partial charge on any atom is -0.381 e. The maximum Gasteiger partial charge on any atom is 0.227 e. The molecule has 0 spiro atoms. The molecule has 3 aliphatic heterocycles. The number of para-hydroxylation sites is 1. The fraction of sp³-hybridized carbons (Fsp3) is 0.619. The molecular formula is C21H29N3O4. The van der Waals surface area contributed by atoms with Gasteiger partial charge in [0.25, 0.3) is 0 Å². The maximum absolute atomic E-state index is 12.8. The molecule has 3 aliphatic rings. The maximum atomic E-state index is 12.8. The Labute approximate surface area is 166 Å². The molecule has 3 heterocycles. The predicted octanol–water partition coefficient (Wildman–Crippen LogP) is 0.893. The highest BCUT2D eigenvalue weighted by Gasteiger charge is 2.36. The molecule has 3 unspecified atom stereocenters. The molecule has 0 aromatic heterocycles. The molecule has 3 atom stereocenters. The van der Waals surface area contributed by atoms with Gasteiger partial charge in [-0.1, -0.05) is 18.2 Å². The van der Waals surface area contributed by atoms with Crippen LogP contribution in [0.2, 0.25) is 0 Å². The van der Waals surface area contributed by atoms with E-state index in [4.69, 9.17) is 9.47 Å². The Hall–Kier alpha value is -1.96. The second kappa shape index (κ2) is 9.03. The first-order valence-electron chi connectivity index (χ1n) is 10.2. The molecule has 2 amide bonds. The molecule has 28 heavy (non-hydrogen) atoms. The number of anilines is 1. The van der Waals surface area contributed by atoms with Gasteiger partial charge in [0.2, 0.25) is 11.8 Å². The number of morpholine rings is 1. The van der Waals surface area contributed by atoms with Gasteiger partial charge in [-0.3, -0.25) is 14.5 Å². The van der Waals surface area contributed by atoms with E-state index in [0.29, 0.717) is 19.0 Å². The third-order valence-electron chi connectivity index (χ3n) is 6.07. The molecule has 7 nitrogen and oxygen atoms in total. The van der Waals surface area contributed by atoms with Crippen LogP contribution in [-0.2, 0) is 19.1 Å². The van der Waals surface area contributed by atoms with Crippen molar-refractivity contribution in [1.29, 1.82) is 0 Å². The van der Waals surface area contributed by atoms with Crippen LogP contribution in [0, 0.1) is 11.8 Å². The van der Waals surface area contributed by atoms with Crippen LogP contribution in [0.25, 0.3) is 0 Å². The molecule has 152 valence electrons. The van der Waals surface area contributed by atoms with E-state index in [-0.39, 0.29) is 30.2 Å². The number of rotatable bonds is 6. The summed E-state index contributed by atoms with van der Waals surface area (Å²) in [5, 5.41) is 3.14. The summed E-state index contributed by atoms with van der Waals surface area (Å²) >= 11 is 0. The molecule has 1 N–H and O–H groups in total. The smallest absolute Gasteiger partial charge is 0.227 e. The fourth-order valence-corrected chi connectivity index (χ4v) is 4.45. The molecule has 1 aromatic rings. The molecule has 3 saturated heterocycles. The first kappa shape index (κ1) is 19.4. The summed E-state index contributed by atoms with van der Waals surface area (Å²) in [6, 6.07) is 9.82. The van der Waals surface area contributed by atoms with Crippen LogP contribution in [-0.4, -0.2) is 75.4 Å². The number of carbonyl (C=O) groups is 2. The van der Waals surface area contributed by atoms with E-state index < -0.39 is 0 Å². The van der Waals surface area contributed by atoms with Crippen LogP contribution in [0.15, 0.2) is 30.3 Å². The largest absolute Gasteiger partial charge is 0.381 e. The number of ether oxygens (including phenoxy) is 2. The summed E-state index contributed by atoms with van der Waals surface area (Å²) < 4.78 is 11.1. The number of hydrogen-bond acceptors (Lipinski definition) is 5. The zero-order chi connectivity index (χ0) is 19.3. The third kappa shape index (κ3) is 4.37. The van der Waals surface area contributed by atoms with Crippen LogP contribution >= 0.6 is 0 Å². The lowest BCUT2D eigenvalue weighted by molar-refractivity contribution is -0.126. The molecule has 7 heteroatoms. The van der Waals surface area contributed by atoms with Gasteiger partial charge in [0.1, 0.15) is 0 Å². The van der Waals surface area contributed by atoms with Crippen LogP contribution in [0.5, 0.6) is 0 Å². The highest BCUT2D eigenvalue weighted by Crippen LogP contribution is 2.26. The molecular weight excluding hydrogens is 358 g/mol. The lowest BCUT2D eigenvalue weighted by atomic mass is 9.96. The number of nitrogens with zero attached hydrogens (tertiary/aromatic N) is 2. The van der Waals surface area contributed by atoms with Gasteiger partial charge in [-0.15, -0.1) is 0 Å². The minimum atomic E-state index is -0.294. The first-order chi connectivity index (χ1) is 13.7. The van der Waals surface area contributed by atoms with Crippen molar-refractivity contribution in [3.05, 3.63) is 30.3 Å². The van der Waals surface area contributed by atoms with E-state index in [2.05, 4.69) is 10.2 Å². The Morgan fingerprint density at radius 1 is 1.14 bits per heavy atom. The summed E-state index contributed by atoms with van der Waals surface area (Å²) in [5.74, 6) is 0.131. The molecule has 0 saturated carbocycles. The predicted molar refractivity (Wildman–Crippen MR) is 105 cm³/mol. The van der Waals surface area contributed by atoms with Crippen LogP contribution < -0.4 is 10.2 Å². The summed E-state index contributed by atoms with van der Waals surface area (Å²) in [5.41, 5.74) is 0.858. The summed E-state index contributed by atoms with van der Waals surface area (Å²) in [6.45, 7) is 5.85. The van der Waals surface area contributed by atoms with E-state index in [1.165, 1.54) is 0 Å². The third-order valence-corrected chi connectivity index (χ3v) is 6.07.